The second-order valence-corrected chi connectivity index (χ2v) is 6.07. The molecule has 1 aliphatic heterocycles. The van der Waals surface area contributed by atoms with Crippen LogP contribution >= 0.6 is 11.5 Å². The van der Waals surface area contributed by atoms with Gasteiger partial charge in [-0.15, -0.1) is 0 Å². The number of nitrogens with zero attached hydrogens (tertiary/aromatic N) is 5. The molecule has 7 heteroatoms. The molecule has 1 aliphatic rings. The number of amidine groups is 1. The zero-order valence-corrected chi connectivity index (χ0v) is 14.4. The van der Waals surface area contributed by atoms with Gasteiger partial charge in [-0.2, -0.15) is 4.37 Å². The van der Waals surface area contributed by atoms with Crippen LogP contribution in [-0.2, 0) is 0 Å². The van der Waals surface area contributed by atoms with Gasteiger partial charge in [-0.1, -0.05) is 0 Å². The molecule has 1 saturated heterocycles. The van der Waals surface area contributed by atoms with Gasteiger partial charge < -0.3 is 15.1 Å². The van der Waals surface area contributed by atoms with Gasteiger partial charge >= 0.3 is 0 Å². The summed E-state index contributed by atoms with van der Waals surface area (Å²) < 4.78 is 4.26. The van der Waals surface area contributed by atoms with Crippen LogP contribution in [0.25, 0.3) is 0 Å². The quantitative estimate of drug-likeness (QED) is 0.666. The zero-order valence-electron chi connectivity index (χ0n) is 13.5. The minimum Gasteiger partial charge on any atom is -0.354 e. The lowest BCUT2D eigenvalue weighted by molar-refractivity contribution is 0.216. The molecule has 120 valence electrons. The van der Waals surface area contributed by atoms with Crippen molar-refractivity contribution >= 4 is 29.1 Å². The molecule has 1 aromatic heterocycles. The largest absolute Gasteiger partial charge is 0.354 e. The van der Waals surface area contributed by atoms with E-state index in [1.165, 1.54) is 11.5 Å². The summed E-state index contributed by atoms with van der Waals surface area (Å²) in [5.41, 5.74) is 0.998. The van der Waals surface area contributed by atoms with Crippen molar-refractivity contribution in [2.75, 3.05) is 45.1 Å². The molecule has 0 aromatic carbocycles. The van der Waals surface area contributed by atoms with Gasteiger partial charge in [0.25, 0.3) is 0 Å². The fourth-order valence-corrected chi connectivity index (χ4v) is 2.90. The Labute approximate surface area is 136 Å². The molecule has 0 atom stereocenters. The molecule has 2 heterocycles. The average Bonchev–Trinajstić information content (AvgIpc) is 2.92. The second-order valence-electron chi connectivity index (χ2n) is 5.27. The molecule has 0 unspecified atom stereocenters. The van der Waals surface area contributed by atoms with Crippen molar-refractivity contribution in [3.05, 3.63) is 23.7 Å². The Hall–Kier alpha value is -1.73. The van der Waals surface area contributed by atoms with Crippen LogP contribution in [0.2, 0.25) is 0 Å². The Morgan fingerprint density at radius 2 is 2.18 bits per heavy atom. The Balaban J connectivity index is 2.12. The van der Waals surface area contributed by atoms with E-state index in [4.69, 9.17) is 0 Å². The van der Waals surface area contributed by atoms with Crippen LogP contribution in [0.1, 0.15) is 12.6 Å². The first-order chi connectivity index (χ1) is 10.6. The summed E-state index contributed by atoms with van der Waals surface area (Å²) in [5.74, 6) is 1.67. The van der Waals surface area contributed by atoms with Crippen molar-refractivity contribution in [2.24, 2.45) is 9.98 Å². The first-order valence-electron chi connectivity index (χ1n) is 7.49. The summed E-state index contributed by atoms with van der Waals surface area (Å²) >= 11 is 1.42. The fourth-order valence-electron chi connectivity index (χ4n) is 2.23. The van der Waals surface area contributed by atoms with E-state index in [0.717, 1.165) is 49.3 Å². The van der Waals surface area contributed by atoms with E-state index < -0.39 is 0 Å². The summed E-state index contributed by atoms with van der Waals surface area (Å²) in [6, 6.07) is 2.00. The number of aromatic nitrogens is 1. The monoisotopic (exact) mass is 320 g/mol. The van der Waals surface area contributed by atoms with E-state index in [2.05, 4.69) is 43.2 Å². The van der Waals surface area contributed by atoms with Crippen LogP contribution in [0.4, 0.5) is 5.00 Å². The van der Waals surface area contributed by atoms with E-state index in [-0.39, 0.29) is 0 Å². The number of aryl methyl sites for hydroxylation is 1. The summed E-state index contributed by atoms with van der Waals surface area (Å²) in [5, 5.41) is 4.22. The molecule has 1 aromatic rings. The van der Waals surface area contributed by atoms with Gasteiger partial charge in [0.05, 0.1) is 5.69 Å². The summed E-state index contributed by atoms with van der Waals surface area (Å²) in [4.78, 5) is 13.3. The highest BCUT2D eigenvalue weighted by molar-refractivity contribution is 7.10. The molecule has 1 fully saturated rings. The number of hydrogen-bond acceptors (Lipinski definition) is 6. The van der Waals surface area contributed by atoms with Crippen molar-refractivity contribution < 1.29 is 0 Å². The highest BCUT2D eigenvalue weighted by atomic mass is 32.1. The highest BCUT2D eigenvalue weighted by Gasteiger charge is 2.16. The third kappa shape index (κ3) is 4.64. The van der Waals surface area contributed by atoms with Gasteiger partial charge in [0.2, 0.25) is 0 Å². The Kier molecular flexibility index (Phi) is 6.09. The van der Waals surface area contributed by atoms with Gasteiger partial charge in [-0.3, -0.25) is 4.99 Å². The molecule has 0 aliphatic carbocycles. The molecular formula is C15H24N6S. The second kappa shape index (κ2) is 8.05. The van der Waals surface area contributed by atoms with Crippen molar-refractivity contribution in [3.63, 3.8) is 0 Å². The number of anilines is 1. The molecule has 0 radical (unpaired) electrons. The summed E-state index contributed by atoms with van der Waals surface area (Å²) in [6.45, 7) is 12.5. The number of rotatable bonds is 5. The first-order valence-corrected chi connectivity index (χ1v) is 8.26. The fraction of sp³-hybridized carbons (Fsp3) is 0.533. The van der Waals surface area contributed by atoms with Crippen LogP contribution in [0.15, 0.2) is 27.9 Å². The van der Waals surface area contributed by atoms with Crippen molar-refractivity contribution in [2.45, 2.75) is 13.8 Å². The number of hydrogen-bond donors (Lipinski definition) is 1. The first kappa shape index (κ1) is 16.6. The predicted octanol–water partition coefficient (Wildman–Crippen LogP) is 2.07. The van der Waals surface area contributed by atoms with Gasteiger partial charge in [0.15, 0.2) is 0 Å². The summed E-state index contributed by atoms with van der Waals surface area (Å²) in [7, 11) is 2.15. The zero-order chi connectivity index (χ0) is 15.9. The lowest BCUT2D eigenvalue weighted by Crippen LogP contribution is -2.46. The molecule has 2 rings (SSSR count). The SMILES string of the molecule is C=N/C(=C\C(=NCC)N1CCN(C)CC1)Nc1cc(C)ns1. The molecule has 0 spiro atoms. The van der Waals surface area contributed by atoms with E-state index in [0.29, 0.717) is 5.82 Å². The van der Waals surface area contributed by atoms with E-state index in [1.807, 2.05) is 26.0 Å². The van der Waals surface area contributed by atoms with Gasteiger partial charge in [0, 0.05) is 38.8 Å². The maximum atomic E-state index is 4.62. The van der Waals surface area contributed by atoms with Crippen LogP contribution in [0, 0.1) is 6.92 Å². The molecule has 22 heavy (non-hydrogen) atoms. The van der Waals surface area contributed by atoms with Crippen molar-refractivity contribution in [1.82, 2.24) is 14.2 Å². The molecular weight excluding hydrogens is 296 g/mol. The van der Waals surface area contributed by atoms with Gasteiger partial charge in [-0.25, -0.2) is 4.99 Å². The minimum absolute atomic E-state index is 0.703. The average molecular weight is 320 g/mol. The van der Waals surface area contributed by atoms with Crippen LogP contribution in [0.5, 0.6) is 0 Å². The molecule has 1 N–H and O–H groups in total. The molecule has 0 amide bonds. The number of nitrogens with one attached hydrogen (secondary N) is 1. The maximum Gasteiger partial charge on any atom is 0.133 e. The van der Waals surface area contributed by atoms with Crippen LogP contribution in [0.3, 0.4) is 0 Å². The topological polar surface area (TPSA) is 56.1 Å². The summed E-state index contributed by atoms with van der Waals surface area (Å²) in [6.07, 6.45) is 1.97. The highest BCUT2D eigenvalue weighted by Crippen LogP contribution is 2.18. The maximum absolute atomic E-state index is 4.62. The lowest BCUT2D eigenvalue weighted by Gasteiger charge is -2.33. The predicted molar refractivity (Wildman–Crippen MR) is 95.2 cm³/mol. The number of aliphatic imine (C=N–C) groups is 2. The molecule has 0 bridgehead atoms. The Bertz CT molecular complexity index is 554. The third-order valence-electron chi connectivity index (χ3n) is 3.46. The minimum atomic E-state index is 0.703. The smallest absolute Gasteiger partial charge is 0.133 e. The van der Waals surface area contributed by atoms with E-state index in [9.17, 15) is 0 Å². The van der Waals surface area contributed by atoms with E-state index in [1.54, 1.807) is 0 Å². The number of likely N-dealkylation sites (N-methyl/N-ethyl adjacent to an activating group) is 1. The third-order valence-corrected chi connectivity index (χ3v) is 4.26. The number of piperazine rings is 1. The van der Waals surface area contributed by atoms with Crippen molar-refractivity contribution in [1.29, 1.82) is 0 Å². The van der Waals surface area contributed by atoms with Gasteiger partial charge in [-0.05, 0) is 45.2 Å². The molecule has 0 saturated carbocycles. The van der Waals surface area contributed by atoms with Crippen LogP contribution < -0.4 is 5.32 Å². The normalized spacial score (nSPS) is 17.7. The Morgan fingerprint density at radius 1 is 1.45 bits per heavy atom. The Morgan fingerprint density at radius 3 is 2.73 bits per heavy atom. The van der Waals surface area contributed by atoms with E-state index >= 15 is 0 Å². The van der Waals surface area contributed by atoms with Crippen LogP contribution in [-0.4, -0.2) is 66.5 Å². The lowest BCUT2D eigenvalue weighted by atomic mass is 10.3. The molecule has 6 nitrogen and oxygen atoms in total. The van der Waals surface area contributed by atoms with Crippen molar-refractivity contribution in [3.8, 4) is 0 Å². The standard InChI is InChI=1S/C15H24N6S/c1-5-17-14(21-8-6-20(4)7-9-21)11-13(16-3)18-15-10-12(2)19-22-15/h10-11,18H,3,5-9H2,1-2,4H3/b13-11+,17-14?. The van der Waals surface area contributed by atoms with Gasteiger partial charge in [0.1, 0.15) is 16.7 Å².